The van der Waals surface area contributed by atoms with Crippen molar-refractivity contribution < 1.29 is 19.1 Å². The maximum absolute atomic E-state index is 12.6. The zero-order valence-electron chi connectivity index (χ0n) is 12.8. The molecule has 2 rings (SSSR count). The van der Waals surface area contributed by atoms with Gasteiger partial charge in [-0.2, -0.15) is 0 Å². The highest BCUT2D eigenvalue weighted by atomic mass is 35.5. The first-order valence-corrected chi connectivity index (χ1v) is 7.71. The number of carbonyl (C=O) groups excluding carboxylic acids is 2. The number of ether oxygens (including phenoxy) is 2. The topological polar surface area (TPSA) is 55.8 Å². The average Bonchev–Trinajstić information content (AvgIpc) is 2.53. The van der Waals surface area contributed by atoms with E-state index in [-0.39, 0.29) is 11.9 Å². The van der Waals surface area contributed by atoms with Crippen LogP contribution in [-0.4, -0.2) is 42.6 Å². The number of rotatable bonds is 4. The number of halogens is 1. The van der Waals surface area contributed by atoms with E-state index in [1.807, 2.05) is 0 Å². The van der Waals surface area contributed by atoms with Crippen molar-refractivity contribution >= 4 is 23.5 Å². The van der Waals surface area contributed by atoms with Gasteiger partial charge in [0.05, 0.1) is 7.11 Å². The van der Waals surface area contributed by atoms with Crippen LogP contribution in [0.4, 0.5) is 0 Å². The van der Waals surface area contributed by atoms with E-state index in [9.17, 15) is 9.59 Å². The van der Waals surface area contributed by atoms with Crippen LogP contribution >= 0.6 is 11.6 Å². The predicted octanol–water partition coefficient (Wildman–Crippen LogP) is 2.66. The minimum absolute atomic E-state index is 0.213. The van der Waals surface area contributed by atoms with Gasteiger partial charge in [0.1, 0.15) is 11.8 Å². The van der Waals surface area contributed by atoms with E-state index in [0.717, 1.165) is 12.8 Å². The second-order valence-electron chi connectivity index (χ2n) is 5.28. The van der Waals surface area contributed by atoms with Crippen molar-refractivity contribution in [3.05, 3.63) is 29.3 Å². The molecule has 120 valence electrons. The molecule has 0 N–H and O–H groups in total. The Balaban J connectivity index is 2.06. The Morgan fingerprint density at radius 2 is 2.14 bits per heavy atom. The molecule has 22 heavy (non-hydrogen) atoms. The molecule has 0 aliphatic carbocycles. The molecule has 5 nitrogen and oxygen atoms in total. The molecular formula is C16H20ClNO4. The van der Waals surface area contributed by atoms with E-state index in [1.165, 1.54) is 7.11 Å². The first kappa shape index (κ1) is 16.6. The predicted molar refractivity (Wildman–Crippen MR) is 82.9 cm³/mol. The summed E-state index contributed by atoms with van der Waals surface area (Å²) in [5.74, 6) is -0.0574. The van der Waals surface area contributed by atoms with Gasteiger partial charge >= 0.3 is 5.97 Å². The molecule has 1 aliphatic rings. The maximum Gasteiger partial charge on any atom is 0.328 e. The second kappa shape index (κ2) is 7.49. The van der Waals surface area contributed by atoms with Crippen molar-refractivity contribution in [2.45, 2.75) is 38.3 Å². The zero-order valence-corrected chi connectivity index (χ0v) is 13.5. The van der Waals surface area contributed by atoms with Gasteiger partial charge in [0.15, 0.2) is 6.10 Å². The van der Waals surface area contributed by atoms with Gasteiger partial charge in [-0.1, -0.05) is 17.7 Å². The third kappa shape index (κ3) is 3.91. The molecule has 1 heterocycles. The molecule has 0 bridgehead atoms. The second-order valence-corrected chi connectivity index (χ2v) is 5.72. The molecule has 6 heteroatoms. The number of hydrogen-bond acceptors (Lipinski definition) is 4. The zero-order chi connectivity index (χ0) is 16.1. The fourth-order valence-corrected chi connectivity index (χ4v) is 2.79. The number of likely N-dealkylation sites (tertiary alicyclic amines) is 1. The lowest BCUT2D eigenvalue weighted by molar-refractivity contribution is -0.157. The maximum atomic E-state index is 12.6. The van der Waals surface area contributed by atoms with Crippen molar-refractivity contribution in [1.82, 2.24) is 4.90 Å². The Morgan fingerprint density at radius 3 is 2.82 bits per heavy atom. The van der Waals surface area contributed by atoms with E-state index in [4.69, 9.17) is 21.1 Å². The summed E-state index contributed by atoms with van der Waals surface area (Å²) in [6, 6.07) is 6.37. The summed E-state index contributed by atoms with van der Waals surface area (Å²) < 4.78 is 10.4. The monoisotopic (exact) mass is 325 g/mol. The lowest BCUT2D eigenvalue weighted by Crippen LogP contribution is -2.52. The Morgan fingerprint density at radius 1 is 1.36 bits per heavy atom. The van der Waals surface area contributed by atoms with Crippen LogP contribution in [0.5, 0.6) is 5.75 Å². The molecule has 1 aromatic carbocycles. The highest BCUT2D eigenvalue weighted by molar-refractivity contribution is 6.30. The summed E-state index contributed by atoms with van der Waals surface area (Å²) in [5.41, 5.74) is 0. The minimum atomic E-state index is -0.691. The Kier molecular flexibility index (Phi) is 5.66. The van der Waals surface area contributed by atoms with Crippen molar-refractivity contribution in [1.29, 1.82) is 0 Å². The number of nitrogens with zero attached hydrogens (tertiary/aromatic N) is 1. The fraction of sp³-hybridized carbons (Fsp3) is 0.500. The largest absolute Gasteiger partial charge is 0.481 e. The highest BCUT2D eigenvalue weighted by Gasteiger charge is 2.35. The third-order valence-electron chi connectivity index (χ3n) is 3.72. The lowest BCUT2D eigenvalue weighted by atomic mass is 10.0. The number of hydrogen-bond donors (Lipinski definition) is 0. The summed E-state index contributed by atoms with van der Waals surface area (Å²) in [6.07, 6.45) is 1.72. The van der Waals surface area contributed by atoms with Gasteiger partial charge in [-0.05, 0) is 44.4 Å². The van der Waals surface area contributed by atoms with Crippen LogP contribution in [0.2, 0.25) is 5.02 Å². The van der Waals surface area contributed by atoms with E-state index in [0.29, 0.717) is 23.7 Å². The molecule has 0 radical (unpaired) electrons. The Bertz CT molecular complexity index is 549. The van der Waals surface area contributed by atoms with Gasteiger partial charge in [-0.15, -0.1) is 0 Å². The van der Waals surface area contributed by atoms with Gasteiger partial charge in [0.2, 0.25) is 0 Å². The summed E-state index contributed by atoms with van der Waals surface area (Å²) >= 11 is 5.90. The minimum Gasteiger partial charge on any atom is -0.481 e. The number of amides is 1. The van der Waals surface area contributed by atoms with Gasteiger partial charge in [0.25, 0.3) is 5.91 Å². The molecule has 0 spiro atoms. The van der Waals surface area contributed by atoms with Crippen LogP contribution in [0.3, 0.4) is 0 Å². The van der Waals surface area contributed by atoms with Gasteiger partial charge < -0.3 is 14.4 Å². The number of carbonyl (C=O) groups is 2. The smallest absolute Gasteiger partial charge is 0.328 e. The van der Waals surface area contributed by atoms with Crippen molar-refractivity contribution in [3.63, 3.8) is 0 Å². The van der Waals surface area contributed by atoms with Crippen molar-refractivity contribution in [3.8, 4) is 5.75 Å². The number of esters is 1. The molecule has 0 saturated carbocycles. The number of piperidine rings is 1. The van der Waals surface area contributed by atoms with Gasteiger partial charge in [0, 0.05) is 11.6 Å². The van der Waals surface area contributed by atoms with Crippen LogP contribution in [0.1, 0.15) is 26.2 Å². The standard InChI is InChI=1S/C16H20ClNO4/c1-11(22-13-7-5-6-12(17)10-13)15(19)18-9-4-3-8-14(18)16(20)21-2/h5-7,10-11,14H,3-4,8-9H2,1-2H3. The highest BCUT2D eigenvalue weighted by Crippen LogP contribution is 2.22. The van der Waals surface area contributed by atoms with E-state index in [2.05, 4.69) is 0 Å². The molecule has 1 saturated heterocycles. The molecule has 1 aromatic rings. The Labute approximate surface area is 135 Å². The third-order valence-corrected chi connectivity index (χ3v) is 3.95. The van der Waals surface area contributed by atoms with Crippen LogP contribution in [0.15, 0.2) is 24.3 Å². The first-order valence-electron chi connectivity index (χ1n) is 7.33. The summed E-state index contributed by atoms with van der Waals surface area (Å²) in [5, 5.41) is 0.544. The average molecular weight is 326 g/mol. The SMILES string of the molecule is COC(=O)C1CCCCN1C(=O)C(C)Oc1cccc(Cl)c1. The molecule has 0 aromatic heterocycles. The molecular weight excluding hydrogens is 306 g/mol. The lowest BCUT2D eigenvalue weighted by Gasteiger charge is -2.35. The molecule has 1 amide bonds. The molecule has 1 aliphatic heterocycles. The fourth-order valence-electron chi connectivity index (χ4n) is 2.60. The van der Waals surface area contributed by atoms with Crippen molar-refractivity contribution in [2.75, 3.05) is 13.7 Å². The van der Waals surface area contributed by atoms with E-state index >= 15 is 0 Å². The molecule has 2 atom stereocenters. The number of methoxy groups -OCH3 is 1. The van der Waals surface area contributed by atoms with Crippen molar-refractivity contribution in [2.24, 2.45) is 0 Å². The van der Waals surface area contributed by atoms with E-state index in [1.54, 1.807) is 36.1 Å². The van der Waals surface area contributed by atoms with Gasteiger partial charge in [-0.3, -0.25) is 4.79 Å². The summed E-state index contributed by atoms with van der Waals surface area (Å²) in [6.45, 7) is 2.22. The van der Waals surface area contributed by atoms with Gasteiger partial charge in [-0.25, -0.2) is 4.79 Å². The first-order chi connectivity index (χ1) is 10.5. The molecule has 2 unspecified atom stereocenters. The number of benzene rings is 1. The summed E-state index contributed by atoms with van der Waals surface area (Å²) in [7, 11) is 1.34. The van der Waals surface area contributed by atoms with Crippen LogP contribution < -0.4 is 4.74 Å². The quantitative estimate of drug-likeness (QED) is 0.799. The van der Waals surface area contributed by atoms with Crippen LogP contribution in [0, 0.1) is 0 Å². The van der Waals surface area contributed by atoms with E-state index < -0.39 is 12.1 Å². The van der Waals surface area contributed by atoms with Crippen LogP contribution in [0.25, 0.3) is 0 Å². The Hall–Kier alpha value is -1.75. The molecule has 1 fully saturated rings. The van der Waals surface area contributed by atoms with Crippen LogP contribution in [-0.2, 0) is 14.3 Å². The summed E-state index contributed by atoms with van der Waals surface area (Å²) in [4.78, 5) is 26.0. The normalized spacial score (nSPS) is 19.4.